The maximum absolute atomic E-state index is 12.4. The van der Waals surface area contributed by atoms with Gasteiger partial charge in [-0.05, 0) is 48.4 Å². The first-order chi connectivity index (χ1) is 9.13. The van der Waals surface area contributed by atoms with Crippen LogP contribution >= 0.6 is 11.3 Å². The Kier molecular flexibility index (Phi) is 3.19. The lowest BCUT2D eigenvalue weighted by molar-refractivity contribution is 0.0750. The number of rotatable bonds is 3. The molecular formula is C15H18N2OS. The van der Waals surface area contributed by atoms with Crippen molar-refractivity contribution in [3.63, 3.8) is 0 Å². The Morgan fingerprint density at radius 2 is 2.21 bits per heavy atom. The van der Waals surface area contributed by atoms with Crippen LogP contribution in [0.2, 0.25) is 0 Å². The van der Waals surface area contributed by atoms with Crippen LogP contribution < -0.4 is 5.73 Å². The molecular weight excluding hydrogens is 256 g/mol. The van der Waals surface area contributed by atoms with Crippen molar-refractivity contribution in [2.45, 2.75) is 19.3 Å². The molecule has 1 aliphatic rings. The van der Waals surface area contributed by atoms with Crippen molar-refractivity contribution in [2.75, 3.05) is 19.3 Å². The van der Waals surface area contributed by atoms with Gasteiger partial charge in [-0.3, -0.25) is 4.79 Å². The minimum atomic E-state index is 0.131. The molecule has 0 atom stereocenters. The third-order valence-electron chi connectivity index (χ3n) is 3.85. The molecule has 1 saturated carbocycles. The van der Waals surface area contributed by atoms with Gasteiger partial charge in [0, 0.05) is 24.0 Å². The lowest BCUT2D eigenvalue weighted by Crippen LogP contribution is -2.33. The van der Waals surface area contributed by atoms with Crippen molar-refractivity contribution in [1.29, 1.82) is 0 Å². The molecule has 1 amide bonds. The van der Waals surface area contributed by atoms with Crippen LogP contribution in [0.4, 0.5) is 5.69 Å². The SMILES string of the molecule is CN(CC1CCC1)C(=O)c1cc2cc(N)ccc2s1. The first-order valence-corrected chi connectivity index (χ1v) is 7.49. The minimum Gasteiger partial charge on any atom is -0.399 e. The fourth-order valence-corrected chi connectivity index (χ4v) is 3.54. The van der Waals surface area contributed by atoms with Crippen LogP contribution in [0.3, 0.4) is 0 Å². The van der Waals surface area contributed by atoms with Crippen LogP contribution in [0, 0.1) is 5.92 Å². The highest BCUT2D eigenvalue weighted by Crippen LogP contribution is 2.30. The average Bonchev–Trinajstić information content (AvgIpc) is 2.75. The van der Waals surface area contributed by atoms with Crippen molar-refractivity contribution < 1.29 is 4.79 Å². The highest BCUT2D eigenvalue weighted by Gasteiger charge is 2.22. The van der Waals surface area contributed by atoms with Crippen LogP contribution in [-0.2, 0) is 0 Å². The average molecular weight is 274 g/mol. The number of fused-ring (bicyclic) bond motifs is 1. The summed E-state index contributed by atoms with van der Waals surface area (Å²) in [5.74, 6) is 0.839. The molecule has 3 rings (SSSR count). The zero-order valence-corrected chi connectivity index (χ0v) is 11.9. The number of carbonyl (C=O) groups is 1. The highest BCUT2D eigenvalue weighted by atomic mass is 32.1. The van der Waals surface area contributed by atoms with Crippen LogP contribution in [0.25, 0.3) is 10.1 Å². The Hall–Kier alpha value is -1.55. The van der Waals surface area contributed by atoms with Gasteiger partial charge in [-0.25, -0.2) is 0 Å². The predicted octanol–water partition coefficient (Wildman–Crippen LogP) is 3.36. The maximum Gasteiger partial charge on any atom is 0.263 e. The summed E-state index contributed by atoms with van der Waals surface area (Å²) < 4.78 is 1.12. The van der Waals surface area contributed by atoms with Gasteiger partial charge in [0.15, 0.2) is 0 Å². The topological polar surface area (TPSA) is 46.3 Å². The van der Waals surface area contributed by atoms with Crippen molar-refractivity contribution in [2.24, 2.45) is 5.92 Å². The molecule has 3 nitrogen and oxygen atoms in total. The lowest BCUT2D eigenvalue weighted by atomic mass is 9.85. The molecule has 4 heteroatoms. The Morgan fingerprint density at radius 3 is 2.89 bits per heavy atom. The predicted molar refractivity (Wildman–Crippen MR) is 80.5 cm³/mol. The molecule has 19 heavy (non-hydrogen) atoms. The number of nitrogens with two attached hydrogens (primary N) is 1. The number of benzene rings is 1. The van der Waals surface area contributed by atoms with Gasteiger partial charge in [0.2, 0.25) is 0 Å². The van der Waals surface area contributed by atoms with Crippen LogP contribution in [0.1, 0.15) is 28.9 Å². The van der Waals surface area contributed by atoms with Crippen molar-refractivity contribution in [3.8, 4) is 0 Å². The summed E-state index contributed by atoms with van der Waals surface area (Å²) in [5.41, 5.74) is 6.51. The number of nitrogens with zero attached hydrogens (tertiary/aromatic N) is 1. The molecule has 0 aliphatic heterocycles. The number of carbonyl (C=O) groups excluding carboxylic acids is 1. The van der Waals surface area contributed by atoms with Gasteiger partial charge in [-0.1, -0.05) is 6.42 Å². The molecule has 0 bridgehead atoms. The first kappa shape index (κ1) is 12.5. The van der Waals surface area contributed by atoms with Crippen LogP contribution in [-0.4, -0.2) is 24.4 Å². The van der Waals surface area contributed by atoms with E-state index in [2.05, 4.69) is 0 Å². The second-order valence-corrected chi connectivity index (χ2v) is 6.47. The van der Waals surface area contributed by atoms with Crippen molar-refractivity contribution in [1.82, 2.24) is 4.90 Å². The molecule has 0 radical (unpaired) electrons. The van der Waals surface area contributed by atoms with Gasteiger partial charge in [0.25, 0.3) is 5.91 Å². The van der Waals surface area contributed by atoms with E-state index in [-0.39, 0.29) is 5.91 Å². The van der Waals surface area contributed by atoms with E-state index in [0.717, 1.165) is 27.2 Å². The molecule has 1 heterocycles. The van der Waals surface area contributed by atoms with Crippen LogP contribution in [0.5, 0.6) is 0 Å². The van der Waals surface area contributed by atoms with E-state index in [1.165, 1.54) is 19.3 Å². The van der Waals surface area contributed by atoms with E-state index in [1.54, 1.807) is 11.3 Å². The molecule has 0 unspecified atom stereocenters. The lowest BCUT2D eigenvalue weighted by Gasteiger charge is -2.29. The van der Waals surface area contributed by atoms with Crippen molar-refractivity contribution in [3.05, 3.63) is 29.1 Å². The summed E-state index contributed by atoms with van der Waals surface area (Å²) >= 11 is 1.55. The second kappa shape index (κ2) is 4.85. The maximum atomic E-state index is 12.4. The molecule has 1 aromatic carbocycles. The van der Waals surface area contributed by atoms with E-state index < -0.39 is 0 Å². The number of hydrogen-bond acceptors (Lipinski definition) is 3. The summed E-state index contributed by atoms with van der Waals surface area (Å²) in [4.78, 5) is 15.0. The van der Waals surface area contributed by atoms with Gasteiger partial charge in [-0.15, -0.1) is 11.3 Å². The molecule has 2 N–H and O–H groups in total. The van der Waals surface area contributed by atoms with Gasteiger partial charge < -0.3 is 10.6 Å². The number of nitrogen functional groups attached to an aromatic ring is 1. The molecule has 100 valence electrons. The molecule has 1 aromatic heterocycles. The van der Waals surface area contributed by atoms with Crippen molar-refractivity contribution >= 4 is 33.0 Å². The molecule has 0 spiro atoms. The third kappa shape index (κ3) is 2.45. The van der Waals surface area contributed by atoms with Gasteiger partial charge in [-0.2, -0.15) is 0 Å². The van der Waals surface area contributed by atoms with Gasteiger partial charge >= 0.3 is 0 Å². The molecule has 2 aromatic rings. The molecule has 0 saturated heterocycles. The van der Waals surface area contributed by atoms with E-state index >= 15 is 0 Å². The summed E-state index contributed by atoms with van der Waals surface area (Å²) in [6.45, 7) is 0.884. The van der Waals surface area contributed by atoms with E-state index in [9.17, 15) is 4.79 Å². The monoisotopic (exact) mass is 274 g/mol. The van der Waals surface area contributed by atoms with E-state index in [0.29, 0.717) is 5.92 Å². The summed E-state index contributed by atoms with van der Waals surface area (Å²) in [7, 11) is 1.90. The number of hydrogen-bond donors (Lipinski definition) is 1. The Bertz CT molecular complexity index is 616. The normalized spacial score (nSPS) is 15.4. The molecule has 1 aliphatic carbocycles. The van der Waals surface area contributed by atoms with Crippen LogP contribution in [0.15, 0.2) is 24.3 Å². The smallest absolute Gasteiger partial charge is 0.263 e. The molecule has 1 fully saturated rings. The number of amides is 1. The number of thiophene rings is 1. The first-order valence-electron chi connectivity index (χ1n) is 6.68. The third-order valence-corrected chi connectivity index (χ3v) is 4.96. The summed E-state index contributed by atoms with van der Waals surface area (Å²) in [6.07, 6.45) is 3.84. The Balaban J connectivity index is 1.80. The second-order valence-electron chi connectivity index (χ2n) is 5.39. The zero-order chi connectivity index (χ0) is 13.4. The number of anilines is 1. The summed E-state index contributed by atoms with van der Waals surface area (Å²) in [6, 6.07) is 7.74. The quantitative estimate of drug-likeness (QED) is 0.872. The van der Waals surface area contributed by atoms with E-state index in [4.69, 9.17) is 5.73 Å². The zero-order valence-electron chi connectivity index (χ0n) is 11.1. The Labute approximate surface area is 117 Å². The fraction of sp³-hybridized carbons (Fsp3) is 0.400. The highest BCUT2D eigenvalue weighted by molar-refractivity contribution is 7.20. The van der Waals surface area contributed by atoms with Gasteiger partial charge in [0.1, 0.15) is 0 Å². The van der Waals surface area contributed by atoms with E-state index in [1.807, 2.05) is 36.2 Å². The largest absolute Gasteiger partial charge is 0.399 e. The standard InChI is InChI=1S/C15H18N2OS/c1-17(9-10-3-2-4-10)15(18)14-8-11-7-12(16)5-6-13(11)19-14/h5-8,10H,2-4,9,16H2,1H3. The fourth-order valence-electron chi connectivity index (χ4n) is 2.50. The Morgan fingerprint density at radius 1 is 1.42 bits per heavy atom. The minimum absolute atomic E-state index is 0.131. The summed E-state index contributed by atoms with van der Waals surface area (Å²) in [5, 5.41) is 1.06. The van der Waals surface area contributed by atoms with Gasteiger partial charge in [0.05, 0.1) is 4.88 Å².